The third-order valence-corrected chi connectivity index (χ3v) is 8.61. The van der Waals surface area contributed by atoms with Gasteiger partial charge in [-0.2, -0.15) is 0 Å². The molecule has 0 aliphatic carbocycles. The molecule has 1 fully saturated rings. The maximum absolute atomic E-state index is 12.9. The number of benzene rings is 2. The molecule has 2 aliphatic rings. The molecule has 1 saturated heterocycles. The van der Waals surface area contributed by atoms with Crippen LogP contribution in [0.25, 0.3) is 0 Å². The summed E-state index contributed by atoms with van der Waals surface area (Å²) in [5.74, 6) is -0.0255. The first-order chi connectivity index (χ1) is 15.2. The van der Waals surface area contributed by atoms with Gasteiger partial charge in [0.2, 0.25) is 21.8 Å². The number of amides is 2. The average molecular weight is 494 g/mol. The summed E-state index contributed by atoms with van der Waals surface area (Å²) in [6.07, 6.45) is 1.87. The molecule has 2 aromatic rings. The number of rotatable bonds is 5. The average Bonchev–Trinajstić information content (AvgIpc) is 2.78. The Morgan fingerprint density at radius 2 is 1.88 bits per heavy atom. The summed E-state index contributed by atoms with van der Waals surface area (Å²) in [6.45, 7) is 3.60. The van der Waals surface area contributed by atoms with Crippen LogP contribution in [0.5, 0.6) is 0 Å². The molecule has 2 heterocycles. The Balaban J connectivity index is 1.46. The molecule has 170 valence electrons. The molecule has 0 bridgehead atoms. The zero-order valence-corrected chi connectivity index (χ0v) is 19.9. The highest BCUT2D eigenvalue weighted by atomic mass is 35.5. The summed E-state index contributed by atoms with van der Waals surface area (Å²) in [4.78, 5) is 28.0. The van der Waals surface area contributed by atoms with E-state index >= 15 is 0 Å². The van der Waals surface area contributed by atoms with Crippen molar-refractivity contribution in [2.75, 3.05) is 18.4 Å². The number of fused-ring (bicyclic) bond motifs is 1. The number of thioether (sulfide) groups is 1. The van der Waals surface area contributed by atoms with Crippen LogP contribution < -0.4 is 10.0 Å². The number of piperidine rings is 1. The first kappa shape index (κ1) is 23.1. The Labute approximate surface area is 196 Å². The number of nitrogens with one attached hydrogen (secondary N) is 2. The van der Waals surface area contributed by atoms with E-state index < -0.39 is 21.2 Å². The lowest BCUT2D eigenvalue weighted by Gasteiger charge is -2.33. The zero-order valence-electron chi connectivity index (χ0n) is 17.5. The molecule has 32 heavy (non-hydrogen) atoms. The van der Waals surface area contributed by atoms with Crippen LogP contribution in [0.3, 0.4) is 0 Å². The number of hydrogen-bond acceptors (Lipinski definition) is 5. The Kier molecular flexibility index (Phi) is 6.80. The van der Waals surface area contributed by atoms with Crippen molar-refractivity contribution in [1.29, 1.82) is 0 Å². The van der Waals surface area contributed by atoms with Gasteiger partial charge in [0, 0.05) is 29.6 Å². The number of hydrogen-bond donors (Lipinski definition) is 2. The summed E-state index contributed by atoms with van der Waals surface area (Å²) in [5, 5.41) is 2.43. The van der Waals surface area contributed by atoms with Gasteiger partial charge in [-0.25, -0.2) is 13.1 Å². The lowest BCUT2D eigenvalue weighted by atomic mass is 9.99. The van der Waals surface area contributed by atoms with E-state index in [9.17, 15) is 18.0 Å². The minimum absolute atomic E-state index is 0.0425. The molecule has 0 spiro atoms. The molecule has 0 saturated carbocycles. The lowest BCUT2D eigenvalue weighted by molar-refractivity contribution is -0.135. The van der Waals surface area contributed by atoms with Crippen molar-refractivity contribution in [1.82, 2.24) is 9.62 Å². The standard InChI is InChI=1S/C22H24ClN3O4S2/c1-14-8-10-26(11-9-14)22(28)20-21(27)25-18-12-17(6-7-19(18)31-20)32(29,30)24-13-15-2-4-16(23)5-3-15/h2-7,12,14,20,24H,8-11,13H2,1H3,(H,25,27)/t20-/m1/s1. The van der Waals surface area contributed by atoms with Crippen LogP contribution in [-0.4, -0.2) is 43.5 Å². The van der Waals surface area contributed by atoms with E-state index in [1.54, 1.807) is 35.2 Å². The fourth-order valence-corrected chi connectivity index (χ4v) is 5.90. The second-order valence-corrected chi connectivity index (χ2v) is 11.5. The van der Waals surface area contributed by atoms with Crippen LogP contribution >= 0.6 is 23.4 Å². The van der Waals surface area contributed by atoms with E-state index in [0.29, 0.717) is 34.6 Å². The van der Waals surface area contributed by atoms with Gasteiger partial charge in [-0.05, 0) is 54.7 Å². The molecule has 0 aromatic heterocycles. The van der Waals surface area contributed by atoms with E-state index in [-0.39, 0.29) is 17.3 Å². The molecule has 2 amide bonds. The minimum Gasteiger partial charge on any atom is -0.341 e. The molecular formula is C22H24ClN3O4S2. The topological polar surface area (TPSA) is 95.6 Å². The van der Waals surface area contributed by atoms with Gasteiger partial charge < -0.3 is 10.2 Å². The van der Waals surface area contributed by atoms with Crippen LogP contribution in [-0.2, 0) is 26.2 Å². The Morgan fingerprint density at radius 3 is 2.56 bits per heavy atom. The highest BCUT2D eigenvalue weighted by Gasteiger charge is 2.37. The van der Waals surface area contributed by atoms with Crippen molar-refractivity contribution >= 4 is 50.9 Å². The monoisotopic (exact) mass is 493 g/mol. The number of carbonyl (C=O) groups excluding carboxylic acids is 2. The summed E-state index contributed by atoms with van der Waals surface area (Å²) in [5.41, 5.74) is 1.17. The van der Waals surface area contributed by atoms with Gasteiger partial charge in [-0.15, -0.1) is 11.8 Å². The van der Waals surface area contributed by atoms with E-state index in [2.05, 4.69) is 17.0 Å². The van der Waals surface area contributed by atoms with Crippen molar-refractivity contribution in [2.45, 2.75) is 41.4 Å². The summed E-state index contributed by atoms with van der Waals surface area (Å²) in [7, 11) is -3.79. The SMILES string of the molecule is CC1CCN(C(=O)[C@@H]2Sc3ccc(S(=O)(=O)NCc4ccc(Cl)cc4)cc3NC2=O)CC1. The fourth-order valence-electron chi connectivity index (χ4n) is 3.68. The predicted octanol–water partition coefficient (Wildman–Crippen LogP) is 3.49. The molecule has 10 heteroatoms. The molecule has 0 unspecified atom stereocenters. The van der Waals surface area contributed by atoms with Crippen LogP contribution in [0.4, 0.5) is 5.69 Å². The summed E-state index contributed by atoms with van der Waals surface area (Å²) in [6, 6.07) is 11.4. The van der Waals surface area contributed by atoms with Gasteiger partial charge in [0.05, 0.1) is 10.6 Å². The first-order valence-corrected chi connectivity index (χ1v) is 13.1. The lowest BCUT2D eigenvalue weighted by Crippen LogP contribution is -2.47. The molecule has 0 radical (unpaired) electrons. The maximum atomic E-state index is 12.9. The molecule has 4 rings (SSSR count). The number of likely N-dealkylation sites (tertiary alicyclic amines) is 1. The molecule has 2 aromatic carbocycles. The van der Waals surface area contributed by atoms with Crippen LogP contribution in [0.2, 0.25) is 5.02 Å². The number of nitrogens with zero attached hydrogens (tertiary/aromatic N) is 1. The van der Waals surface area contributed by atoms with Crippen molar-refractivity contribution in [2.24, 2.45) is 5.92 Å². The van der Waals surface area contributed by atoms with Crippen molar-refractivity contribution in [3.8, 4) is 0 Å². The summed E-state index contributed by atoms with van der Waals surface area (Å²) >= 11 is 7.03. The number of anilines is 1. The number of sulfonamides is 1. The Morgan fingerprint density at radius 1 is 1.19 bits per heavy atom. The van der Waals surface area contributed by atoms with Gasteiger partial charge >= 0.3 is 0 Å². The van der Waals surface area contributed by atoms with E-state index in [0.717, 1.165) is 18.4 Å². The van der Waals surface area contributed by atoms with Crippen LogP contribution in [0.1, 0.15) is 25.3 Å². The molecular weight excluding hydrogens is 470 g/mol. The quantitative estimate of drug-likeness (QED) is 0.621. The summed E-state index contributed by atoms with van der Waals surface area (Å²) < 4.78 is 28.0. The van der Waals surface area contributed by atoms with Crippen molar-refractivity contribution < 1.29 is 18.0 Å². The third kappa shape index (κ3) is 5.11. The Hall–Kier alpha value is -2.07. The van der Waals surface area contributed by atoms with Crippen LogP contribution in [0.15, 0.2) is 52.3 Å². The number of carbonyl (C=O) groups is 2. The fraction of sp³-hybridized carbons (Fsp3) is 0.364. The predicted molar refractivity (Wildman–Crippen MR) is 125 cm³/mol. The molecule has 7 nitrogen and oxygen atoms in total. The number of halogens is 1. The van der Waals surface area contributed by atoms with Crippen molar-refractivity contribution in [3.05, 3.63) is 53.1 Å². The molecule has 1 atom stereocenters. The largest absolute Gasteiger partial charge is 0.341 e. The molecule has 2 aliphatic heterocycles. The van der Waals surface area contributed by atoms with E-state index in [4.69, 9.17) is 11.6 Å². The van der Waals surface area contributed by atoms with Gasteiger partial charge in [-0.3, -0.25) is 9.59 Å². The third-order valence-electron chi connectivity index (χ3n) is 5.70. The first-order valence-electron chi connectivity index (χ1n) is 10.4. The van der Waals surface area contributed by atoms with Gasteiger partial charge in [0.15, 0.2) is 5.25 Å². The van der Waals surface area contributed by atoms with Crippen molar-refractivity contribution in [3.63, 3.8) is 0 Å². The molecule has 2 N–H and O–H groups in total. The van der Waals surface area contributed by atoms with E-state index in [1.165, 1.54) is 23.9 Å². The Bertz CT molecular complexity index is 1130. The second-order valence-electron chi connectivity index (χ2n) is 8.10. The zero-order chi connectivity index (χ0) is 22.9. The van der Waals surface area contributed by atoms with Gasteiger partial charge in [0.1, 0.15) is 0 Å². The maximum Gasteiger partial charge on any atom is 0.247 e. The second kappa shape index (κ2) is 9.43. The van der Waals surface area contributed by atoms with Gasteiger partial charge in [0.25, 0.3) is 0 Å². The van der Waals surface area contributed by atoms with Crippen LogP contribution in [0, 0.1) is 5.92 Å². The van der Waals surface area contributed by atoms with E-state index in [1.807, 2.05) is 0 Å². The van der Waals surface area contributed by atoms with Gasteiger partial charge in [-0.1, -0.05) is 30.7 Å². The smallest absolute Gasteiger partial charge is 0.247 e. The highest BCUT2D eigenvalue weighted by molar-refractivity contribution is 8.01. The minimum atomic E-state index is -3.79. The highest BCUT2D eigenvalue weighted by Crippen LogP contribution is 2.38. The normalized spacial score (nSPS) is 19.4.